The number of anilines is 1. The molecule has 10 heteroatoms. The number of aromatic nitrogens is 1. The molecule has 33 heavy (non-hydrogen) atoms. The molecule has 3 aromatic rings. The van der Waals surface area contributed by atoms with Crippen molar-refractivity contribution in [2.45, 2.75) is 25.8 Å². The summed E-state index contributed by atoms with van der Waals surface area (Å²) in [6.45, 7) is 3.67. The number of Topliss-reactive ketones (excluding diaryl/α,β-unsaturated/α-hetero) is 1. The van der Waals surface area contributed by atoms with Crippen LogP contribution in [0.2, 0.25) is 5.02 Å². The average molecular weight is 473 g/mol. The van der Waals surface area contributed by atoms with Crippen LogP contribution in [0, 0.1) is 5.82 Å². The van der Waals surface area contributed by atoms with E-state index in [1.165, 1.54) is 12.1 Å². The molecule has 2 amide bonds. The maximum atomic E-state index is 13.2. The number of nitrogens with one attached hydrogen (secondary N) is 2. The number of halogens is 2. The number of carbonyl (C=O) groups is 3. The lowest BCUT2D eigenvalue weighted by Crippen LogP contribution is -2.45. The topological polar surface area (TPSA) is 127 Å². The molecule has 3 rings (SSSR count). The first kappa shape index (κ1) is 24.1. The van der Waals surface area contributed by atoms with Gasteiger partial charge in [-0.25, -0.2) is 9.37 Å². The van der Waals surface area contributed by atoms with E-state index < -0.39 is 23.2 Å². The van der Waals surface area contributed by atoms with Crippen molar-refractivity contribution in [2.24, 2.45) is 5.73 Å². The van der Waals surface area contributed by atoms with E-state index in [4.69, 9.17) is 21.8 Å². The number of rotatable bonds is 8. The standard InChI is InChI=1S/C23H22ClFN4O4/c1-23(2,26)11-27-21(31)19-20(33-12-28-19)22(32)29-15-6-3-13(4-7-15)9-18(30)16-8-5-14(25)10-17(16)24/h3-8,10,12H,9,11,26H2,1-2H3,(H,27,31)(H,29,32). The smallest absolute Gasteiger partial charge is 0.293 e. The minimum atomic E-state index is -0.661. The Morgan fingerprint density at radius 1 is 1.12 bits per heavy atom. The summed E-state index contributed by atoms with van der Waals surface area (Å²) in [5.41, 5.74) is 6.37. The maximum Gasteiger partial charge on any atom is 0.293 e. The van der Waals surface area contributed by atoms with Gasteiger partial charge < -0.3 is 20.8 Å². The van der Waals surface area contributed by atoms with Crippen LogP contribution in [0.3, 0.4) is 0 Å². The molecule has 172 valence electrons. The molecule has 0 aliphatic rings. The van der Waals surface area contributed by atoms with Gasteiger partial charge in [-0.05, 0) is 49.7 Å². The van der Waals surface area contributed by atoms with Gasteiger partial charge in [0, 0.05) is 29.8 Å². The minimum Gasteiger partial charge on any atom is -0.437 e. The van der Waals surface area contributed by atoms with Crippen molar-refractivity contribution in [1.29, 1.82) is 0 Å². The zero-order valence-electron chi connectivity index (χ0n) is 17.9. The van der Waals surface area contributed by atoms with Crippen LogP contribution >= 0.6 is 11.6 Å². The molecule has 2 aromatic carbocycles. The predicted molar refractivity (Wildman–Crippen MR) is 121 cm³/mol. The van der Waals surface area contributed by atoms with Crippen molar-refractivity contribution < 1.29 is 23.2 Å². The molecule has 0 aliphatic heterocycles. The predicted octanol–water partition coefficient (Wildman–Crippen LogP) is 3.61. The van der Waals surface area contributed by atoms with Gasteiger partial charge in [-0.15, -0.1) is 0 Å². The molecule has 8 nitrogen and oxygen atoms in total. The van der Waals surface area contributed by atoms with Crippen LogP contribution in [0.5, 0.6) is 0 Å². The Morgan fingerprint density at radius 2 is 1.82 bits per heavy atom. The van der Waals surface area contributed by atoms with Crippen LogP contribution in [0.25, 0.3) is 0 Å². The van der Waals surface area contributed by atoms with E-state index in [1.807, 2.05) is 0 Å². The lowest BCUT2D eigenvalue weighted by atomic mass is 10.0. The average Bonchev–Trinajstić information content (AvgIpc) is 3.23. The van der Waals surface area contributed by atoms with Gasteiger partial charge in [0.1, 0.15) is 5.82 Å². The number of nitrogens with zero attached hydrogens (tertiary/aromatic N) is 1. The number of oxazole rings is 1. The van der Waals surface area contributed by atoms with Gasteiger partial charge >= 0.3 is 0 Å². The molecule has 0 fully saturated rings. The highest BCUT2D eigenvalue weighted by atomic mass is 35.5. The van der Waals surface area contributed by atoms with Gasteiger partial charge in [0.15, 0.2) is 17.9 Å². The van der Waals surface area contributed by atoms with E-state index in [0.717, 1.165) is 12.5 Å². The van der Waals surface area contributed by atoms with E-state index in [-0.39, 0.29) is 40.8 Å². The summed E-state index contributed by atoms with van der Waals surface area (Å²) in [5.74, 6) is -2.28. The van der Waals surface area contributed by atoms with Crippen LogP contribution < -0.4 is 16.4 Å². The Morgan fingerprint density at radius 3 is 2.45 bits per heavy atom. The van der Waals surface area contributed by atoms with Crippen molar-refractivity contribution in [3.05, 3.63) is 82.3 Å². The SMILES string of the molecule is CC(C)(N)CNC(=O)c1ncoc1C(=O)Nc1ccc(CC(=O)c2ccc(F)cc2Cl)cc1. The van der Waals surface area contributed by atoms with Crippen molar-refractivity contribution in [3.8, 4) is 0 Å². The molecule has 0 unspecified atom stereocenters. The molecular weight excluding hydrogens is 451 g/mol. The van der Waals surface area contributed by atoms with Gasteiger partial charge in [0.2, 0.25) is 5.76 Å². The number of hydrogen-bond donors (Lipinski definition) is 3. The molecule has 4 N–H and O–H groups in total. The molecule has 0 aliphatic carbocycles. The third-order valence-corrected chi connectivity index (χ3v) is 4.81. The van der Waals surface area contributed by atoms with E-state index in [1.54, 1.807) is 38.1 Å². The molecular formula is C23H22ClFN4O4. The third-order valence-electron chi connectivity index (χ3n) is 4.50. The molecule has 0 saturated heterocycles. The first-order valence-corrected chi connectivity index (χ1v) is 10.3. The Bertz CT molecular complexity index is 1190. The molecule has 0 bridgehead atoms. The van der Waals surface area contributed by atoms with E-state index in [0.29, 0.717) is 11.3 Å². The highest BCUT2D eigenvalue weighted by molar-refractivity contribution is 6.34. The Labute approximate surface area is 194 Å². The fraction of sp³-hybridized carbons (Fsp3) is 0.217. The molecule has 1 aromatic heterocycles. The summed E-state index contributed by atoms with van der Waals surface area (Å²) in [7, 11) is 0. The van der Waals surface area contributed by atoms with Crippen LogP contribution in [0.1, 0.15) is 50.8 Å². The van der Waals surface area contributed by atoms with Gasteiger partial charge in [0.05, 0.1) is 5.02 Å². The van der Waals surface area contributed by atoms with Crippen molar-refractivity contribution >= 4 is 34.9 Å². The summed E-state index contributed by atoms with van der Waals surface area (Å²) < 4.78 is 18.3. The quantitative estimate of drug-likeness (QED) is 0.430. The summed E-state index contributed by atoms with van der Waals surface area (Å²) in [4.78, 5) is 41.1. The van der Waals surface area contributed by atoms with Crippen LogP contribution in [-0.4, -0.2) is 34.7 Å². The third kappa shape index (κ3) is 6.47. The van der Waals surface area contributed by atoms with Crippen LogP contribution in [0.4, 0.5) is 10.1 Å². The lowest BCUT2D eigenvalue weighted by molar-refractivity contribution is 0.0922. The summed E-state index contributed by atoms with van der Waals surface area (Å²) in [6, 6.07) is 10.1. The molecule has 0 spiro atoms. The largest absolute Gasteiger partial charge is 0.437 e. The van der Waals surface area contributed by atoms with Crippen molar-refractivity contribution in [3.63, 3.8) is 0 Å². The first-order chi connectivity index (χ1) is 15.5. The summed E-state index contributed by atoms with van der Waals surface area (Å²) in [6.07, 6.45) is 1.05. The number of nitrogens with two attached hydrogens (primary N) is 1. The minimum absolute atomic E-state index is 0.0451. The Hall–Kier alpha value is -3.56. The number of carbonyl (C=O) groups excluding carboxylic acids is 3. The lowest BCUT2D eigenvalue weighted by Gasteiger charge is -2.18. The zero-order chi connectivity index (χ0) is 24.2. The molecule has 1 heterocycles. The van der Waals surface area contributed by atoms with Crippen LogP contribution in [-0.2, 0) is 6.42 Å². The van der Waals surface area contributed by atoms with Crippen molar-refractivity contribution in [2.75, 3.05) is 11.9 Å². The second kappa shape index (κ2) is 9.93. The van der Waals surface area contributed by atoms with Gasteiger partial charge in [0.25, 0.3) is 11.8 Å². The Kier molecular flexibility index (Phi) is 7.25. The number of ketones is 1. The molecule has 0 atom stereocenters. The zero-order valence-corrected chi connectivity index (χ0v) is 18.7. The molecule has 0 radical (unpaired) electrons. The van der Waals surface area contributed by atoms with Gasteiger partial charge in [-0.3, -0.25) is 14.4 Å². The maximum absolute atomic E-state index is 13.2. The van der Waals surface area contributed by atoms with Gasteiger partial charge in [-0.1, -0.05) is 23.7 Å². The van der Waals surface area contributed by atoms with E-state index >= 15 is 0 Å². The first-order valence-electron chi connectivity index (χ1n) is 9.92. The van der Waals surface area contributed by atoms with Crippen LogP contribution in [0.15, 0.2) is 53.3 Å². The highest BCUT2D eigenvalue weighted by Gasteiger charge is 2.24. The second-order valence-corrected chi connectivity index (χ2v) is 8.48. The number of amides is 2. The number of hydrogen-bond acceptors (Lipinski definition) is 6. The normalized spacial score (nSPS) is 11.2. The highest BCUT2D eigenvalue weighted by Crippen LogP contribution is 2.20. The van der Waals surface area contributed by atoms with Crippen molar-refractivity contribution in [1.82, 2.24) is 10.3 Å². The fourth-order valence-electron chi connectivity index (χ4n) is 2.85. The molecule has 0 saturated carbocycles. The fourth-order valence-corrected chi connectivity index (χ4v) is 3.12. The monoisotopic (exact) mass is 472 g/mol. The second-order valence-electron chi connectivity index (χ2n) is 8.08. The van der Waals surface area contributed by atoms with E-state index in [2.05, 4.69) is 15.6 Å². The van der Waals surface area contributed by atoms with Gasteiger partial charge in [-0.2, -0.15) is 0 Å². The Balaban J connectivity index is 1.63. The summed E-state index contributed by atoms with van der Waals surface area (Å²) in [5, 5.41) is 5.26. The van der Waals surface area contributed by atoms with E-state index in [9.17, 15) is 18.8 Å². The number of benzene rings is 2. The summed E-state index contributed by atoms with van der Waals surface area (Å²) >= 11 is 5.94.